The maximum Gasteiger partial charge on any atom is 0.319 e. The lowest BCUT2D eigenvalue weighted by Crippen LogP contribution is -2.30. The van der Waals surface area contributed by atoms with Crippen LogP contribution in [-0.4, -0.2) is 32.8 Å². The SMILES string of the molecule is COCCCNC(=O)Nc1ccc(N2CCc3ccccc32)cc1. The van der Waals surface area contributed by atoms with Gasteiger partial charge in [0.25, 0.3) is 0 Å². The smallest absolute Gasteiger partial charge is 0.319 e. The first-order valence-electron chi connectivity index (χ1n) is 8.27. The molecular weight excluding hydrogens is 302 g/mol. The number of anilines is 3. The van der Waals surface area contributed by atoms with Crippen LogP contribution < -0.4 is 15.5 Å². The second-order valence-electron chi connectivity index (χ2n) is 5.80. The lowest BCUT2D eigenvalue weighted by Gasteiger charge is -2.20. The van der Waals surface area contributed by atoms with Gasteiger partial charge in [0.1, 0.15) is 0 Å². The van der Waals surface area contributed by atoms with Gasteiger partial charge >= 0.3 is 6.03 Å². The van der Waals surface area contributed by atoms with E-state index in [0.29, 0.717) is 13.2 Å². The Hall–Kier alpha value is -2.53. The van der Waals surface area contributed by atoms with Crippen LogP contribution in [0.4, 0.5) is 21.9 Å². The van der Waals surface area contributed by atoms with Crippen molar-refractivity contribution in [3.05, 3.63) is 54.1 Å². The summed E-state index contributed by atoms with van der Waals surface area (Å²) in [4.78, 5) is 14.1. The highest BCUT2D eigenvalue weighted by Crippen LogP contribution is 2.34. The number of benzene rings is 2. The van der Waals surface area contributed by atoms with Gasteiger partial charge < -0.3 is 20.3 Å². The van der Waals surface area contributed by atoms with Crippen molar-refractivity contribution in [3.8, 4) is 0 Å². The minimum atomic E-state index is -0.189. The van der Waals surface area contributed by atoms with Gasteiger partial charge in [0.15, 0.2) is 0 Å². The fourth-order valence-corrected chi connectivity index (χ4v) is 2.92. The van der Waals surface area contributed by atoms with E-state index in [1.54, 1.807) is 7.11 Å². The van der Waals surface area contributed by atoms with Crippen molar-refractivity contribution in [2.45, 2.75) is 12.8 Å². The molecule has 24 heavy (non-hydrogen) atoms. The summed E-state index contributed by atoms with van der Waals surface area (Å²) in [5.41, 5.74) is 4.59. The largest absolute Gasteiger partial charge is 0.385 e. The molecule has 0 aliphatic carbocycles. The van der Waals surface area contributed by atoms with Gasteiger partial charge in [0, 0.05) is 43.9 Å². The summed E-state index contributed by atoms with van der Waals surface area (Å²) in [6, 6.07) is 16.3. The summed E-state index contributed by atoms with van der Waals surface area (Å²) >= 11 is 0. The summed E-state index contributed by atoms with van der Waals surface area (Å²) in [7, 11) is 1.65. The van der Waals surface area contributed by atoms with Crippen molar-refractivity contribution >= 4 is 23.1 Å². The molecule has 0 saturated heterocycles. The van der Waals surface area contributed by atoms with Gasteiger partial charge in [0.05, 0.1) is 0 Å². The minimum Gasteiger partial charge on any atom is -0.385 e. The summed E-state index contributed by atoms with van der Waals surface area (Å²) in [5.74, 6) is 0. The molecule has 126 valence electrons. The Kier molecular flexibility index (Phi) is 5.33. The van der Waals surface area contributed by atoms with Crippen molar-refractivity contribution in [3.63, 3.8) is 0 Å². The van der Waals surface area contributed by atoms with Crippen LogP contribution in [-0.2, 0) is 11.2 Å². The quantitative estimate of drug-likeness (QED) is 0.799. The van der Waals surface area contributed by atoms with Crippen LogP contribution in [0.1, 0.15) is 12.0 Å². The number of amides is 2. The molecule has 0 atom stereocenters. The van der Waals surface area contributed by atoms with Gasteiger partial charge in [0.2, 0.25) is 0 Å². The van der Waals surface area contributed by atoms with E-state index in [1.807, 2.05) is 24.3 Å². The van der Waals surface area contributed by atoms with Crippen LogP contribution in [0.5, 0.6) is 0 Å². The van der Waals surface area contributed by atoms with E-state index in [9.17, 15) is 4.79 Å². The molecule has 0 spiro atoms. The third-order valence-electron chi connectivity index (χ3n) is 4.13. The van der Waals surface area contributed by atoms with Gasteiger partial charge in [-0.05, 0) is 48.7 Å². The summed E-state index contributed by atoms with van der Waals surface area (Å²) in [6.07, 6.45) is 1.87. The Morgan fingerprint density at radius 2 is 1.96 bits per heavy atom. The van der Waals surface area contributed by atoms with E-state index in [0.717, 1.165) is 30.8 Å². The second-order valence-corrected chi connectivity index (χ2v) is 5.80. The Bertz CT molecular complexity index is 685. The van der Waals surface area contributed by atoms with Crippen molar-refractivity contribution in [2.75, 3.05) is 37.0 Å². The molecule has 0 radical (unpaired) electrons. The average Bonchev–Trinajstić information content (AvgIpc) is 3.04. The van der Waals surface area contributed by atoms with Gasteiger partial charge in [-0.2, -0.15) is 0 Å². The van der Waals surface area contributed by atoms with E-state index in [2.05, 4.69) is 39.8 Å². The topological polar surface area (TPSA) is 53.6 Å². The Labute approximate surface area is 142 Å². The number of rotatable bonds is 6. The highest BCUT2D eigenvalue weighted by molar-refractivity contribution is 5.89. The number of fused-ring (bicyclic) bond motifs is 1. The molecule has 2 aromatic rings. The van der Waals surface area contributed by atoms with Gasteiger partial charge in [-0.1, -0.05) is 18.2 Å². The first-order valence-corrected chi connectivity index (χ1v) is 8.27. The Morgan fingerprint density at radius 1 is 1.17 bits per heavy atom. The second kappa shape index (κ2) is 7.84. The maximum atomic E-state index is 11.8. The Morgan fingerprint density at radius 3 is 2.75 bits per heavy atom. The molecular formula is C19H23N3O2. The lowest BCUT2D eigenvalue weighted by atomic mass is 10.2. The summed E-state index contributed by atoms with van der Waals surface area (Å²) < 4.78 is 4.95. The third kappa shape index (κ3) is 3.86. The van der Waals surface area contributed by atoms with Gasteiger partial charge in [-0.15, -0.1) is 0 Å². The number of ether oxygens (including phenoxy) is 1. The molecule has 1 aliphatic rings. The number of nitrogens with one attached hydrogen (secondary N) is 2. The number of urea groups is 1. The fraction of sp³-hybridized carbons (Fsp3) is 0.316. The molecule has 1 heterocycles. The minimum absolute atomic E-state index is 0.189. The van der Waals surface area contributed by atoms with E-state index < -0.39 is 0 Å². The fourth-order valence-electron chi connectivity index (χ4n) is 2.92. The Balaban J connectivity index is 1.57. The zero-order valence-corrected chi connectivity index (χ0v) is 13.9. The molecule has 0 bridgehead atoms. The molecule has 2 N–H and O–H groups in total. The van der Waals surface area contributed by atoms with E-state index >= 15 is 0 Å². The molecule has 0 saturated carbocycles. The molecule has 1 aliphatic heterocycles. The van der Waals surface area contributed by atoms with E-state index in [1.165, 1.54) is 11.3 Å². The average molecular weight is 325 g/mol. The van der Waals surface area contributed by atoms with Crippen molar-refractivity contribution in [1.29, 1.82) is 0 Å². The zero-order valence-electron chi connectivity index (χ0n) is 13.9. The lowest BCUT2D eigenvalue weighted by molar-refractivity contribution is 0.194. The van der Waals surface area contributed by atoms with Crippen molar-refractivity contribution in [2.24, 2.45) is 0 Å². The number of nitrogens with zero attached hydrogens (tertiary/aromatic N) is 1. The molecule has 0 aromatic heterocycles. The van der Waals surface area contributed by atoms with Gasteiger partial charge in [-0.25, -0.2) is 4.79 Å². The van der Waals surface area contributed by atoms with Crippen LogP contribution in [0.15, 0.2) is 48.5 Å². The van der Waals surface area contributed by atoms with Crippen LogP contribution in [0.2, 0.25) is 0 Å². The van der Waals surface area contributed by atoms with Crippen molar-refractivity contribution < 1.29 is 9.53 Å². The predicted octanol–water partition coefficient (Wildman–Crippen LogP) is 3.54. The molecule has 3 rings (SSSR count). The summed E-state index contributed by atoms with van der Waals surface area (Å²) in [6.45, 7) is 2.24. The van der Waals surface area contributed by atoms with Crippen LogP contribution in [0.25, 0.3) is 0 Å². The molecule has 5 heteroatoms. The van der Waals surface area contributed by atoms with Crippen LogP contribution in [0.3, 0.4) is 0 Å². The number of carbonyl (C=O) groups is 1. The standard InChI is InChI=1S/C19H23N3O2/c1-24-14-4-12-20-19(23)21-16-7-9-17(10-8-16)22-13-11-15-5-2-3-6-18(15)22/h2-3,5-10H,4,11-14H2,1H3,(H2,20,21,23). The predicted molar refractivity (Wildman–Crippen MR) is 97.1 cm³/mol. The van der Waals surface area contributed by atoms with E-state index in [-0.39, 0.29) is 6.03 Å². The molecule has 2 aromatic carbocycles. The third-order valence-corrected chi connectivity index (χ3v) is 4.13. The maximum absolute atomic E-state index is 11.8. The number of para-hydroxylation sites is 1. The van der Waals surface area contributed by atoms with Crippen LogP contribution in [0, 0.1) is 0 Å². The molecule has 0 fully saturated rings. The van der Waals surface area contributed by atoms with E-state index in [4.69, 9.17) is 4.74 Å². The zero-order chi connectivity index (χ0) is 16.8. The van der Waals surface area contributed by atoms with Crippen LogP contribution >= 0.6 is 0 Å². The van der Waals surface area contributed by atoms with Gasteiger partial charge in [-0.3, -0.25) is 0 Å². The monoisotopic (exact) mass is 325 g/mol. The highest BCUT2D eigenvalue weighted by Gasteiger charge is 2.19. The molecule has 5 nitrogen and oxygen atoms in total. The van der Waals surface area contributed by atoms with Crippen molar-refractivity contribution in [1.82, 2.24) is 5.32 Å². The highest BCUT2D eigenvalue weighted by atomic mass is 16.5. The normalized spacial score (nSPS) is 12.8. The molecule has 2 amide bonds. The number of hydrogen-bond donors (Lipinski definition) is 2. The first kappa shape index (κ1) is 16.3. The first-order chi connectivity index (χ1) is 11.8. The number of hydrogen-bond acceptors (Lipinski definition) is 3. The summed E-state index contributed by atoms with van der Waals surface area (Å²) in [5, 5.41) is 5.65. The number of carbonyl (C=O) groups excluding carboxylic acids is 1. The number of methoxy groups -OCH3 is 1. The molecule has 0 unspecified atom stereocenters.